The van der Waals surface area contributed by atoms with Crippen LogP contribution in [-0.4, -0.2) is 24.9 Å². The van der Waals surface area contributed by atoms with Crippen LogP contribution in [0.15, 0.2) is 59.1 Å². The second kappa shape index (κ2) is 8.21. The van der Waals surface area contributed by atoms with E-state index in [-0.39, 0.29) is 0 Å². The van der Waals surface area contributed by atoms with E-state index in [2.05, 4.69) is 40.4 Å². The number of benzene rings is 2. The summed E-state index contributed by atoms with van der Waals surface area (Å²) in [4.78, 5) is 2.28. The van der Waals surface area contributed by atoms with Gasteiger partial charge in [-0.1, -0.05) is 47.6 Å². The van der Waals surface area contributed by atoms with Gasteiger partial charge in [0.2, 0.25) is 0 Å². The van der Waals surface area contributed by atoms with Gasteiger partial charge < -0.3 is 18.9 Å². The van der Waals surface area contributed by atoms with E-state index in [0.717, 1.165) is 40.7 Å². The van der Waals surface area contributed by atoms with Crippen LogP contribution in [0.2, 0.25) is 0 Å². The van der Waals surface area contributed by atoms with E-state index in [9.17, 15) is 0 Å². The number of anilines is 1. The number of fused-ring (bicyclic) bond motifs is 1. The Labute approximate surface area is 165 Å². The third-order valence-electron chi connectivity index (χ3n) is 4.86. The van der Waals surface area contributed by atoms with Crippen LogP contribution < -0.4 is 14.4 Å². The predicted molar refractivity (Wildman–Crippen MR) is 110 cm³/mol. The van der Waals surface area contributed by atoms with E-state index in [1.807, 2.05) is 44.2 Å². The molecule has 5 nitrogen and oxygen atoms in total. The third-order valence-corrected chi connectivity index (χ3v) is 4.86. The molecule has 5 heteroatoms. The summed E-state index contributed by atoms with van der Waals surface area (Å²) in [5, 5.41) is 4.10. The van der Waals surface area contributed by atoms with Crippen LogP contribution in [0.3, 0.4) is 0 Å². The van der Waals surface area contributed by atoms with Gasteiger partial charge in [-0.2, -0.15) is 0 Å². The van der Waals surface area contributed by atoms with Crippen LogP contribution in [0.5, 0.6) is 11.5 Å². The molecule has 1 aromatic heterocycles. The zero-order chi connectivity index (χ0) is 19.3. The summed E-state index contributed by atoms with van der Waals surface area (Å²) in [5.41, 5.74) is 4.29. The van der Waals surface area contributed by atoms with E-state index >= 15 is 0 Å². The SMILES string of the molecule is Cc1noc(C)c1CN(C/C=C\c1ccccc1)c1ccc2c(c1)OCCO2. The van der Waals surface area contributed by atoms with Crippen molar-refractivity contribution in [2.75, 3.05) is 24.7 Å². The fourth-order valence-corrected chi connectivity index (χ4v) is 3.29. The number of hydrogen-bond acceptors (Lipinski definition) is 5. The van der Waals surface area contributed by atoms with Crippen molar-refractivity contribution in [3.63, 3.8) is 0 Å². The van der Waals surface area contributed by atoms with E-state index in [0.29, 0.717) is 19.8 Å². The van der Waals surface area contributed by atoms with Crippen molar-refractivity contribution in [1.29, 1.82) is 0 Å². The van der Waals surface area contributed by atoms with Crippen molar-refractivity contribution in [2.24, 2.45) is 0 Å². The average molecular weight is 376 g/mol. The first-order chi connectivity index (χ1) is 13.7. The Kier molecular flexibility index (Phi) is 5.33. The molecule has 3 aromatic rings. The maximum Gasteiger partial charge on any atom is 0.163 e. The van der Waals surface area contributed by atoms with Gasteiger partial charge in [-0.3, -0.25) is 0 Å². The van der Waals surface area contributed by atoms with Crippen molar-refractivity contribution in [3.8, 4) is 11.5 Å². The summed E-state index contributed by atoms with van der Waals surface area (Å²) in [6.45, 7) is 6.56. The van der Waals surface area contributed by atoms with Crippen LogP contribution in [0.1, 0.15) is 22.6 Å². The summed E-state index contributed by atoms with van der Waals surface area (Å²) in [5.74, 6) is 2.44. The molecule has 0 spiro atoms. The lowest BCUT2D eigenvalue weighted by Crippen LogP contribution is -2.24. The highest BCUT2D eigenvalue weighted by molar-refractivity contribution is 5.58. The number of aromatic nitrogens is 1. The van der Waals surface area contributed by atoms with Gasteiger partial charge in [0.05, 0.1) is 5.69 Å². The van der Waals surface area contributed by atoms with Crippen LogP contribution in [0.25, 0.3) is 6.08 Å². The standard InChI is InChI=1S/C23H24N2O3/c1-17-21(18(2)28-24-17)16-25(12-6-9-19-7-4-3-5-8-19)20-10-11-22-23(15-20)27-14-13-26-22/h3-11,15H,12-14,16H2,1-2H3/b9-6-. The van der Waals surface area contributed by atoms with Crippen LogP contribution >= 0.6 is 0 Å². The number of ether oxygens (including phenoxy) is 2. The van der Waals surface area contributed by atoms with Gasteiger partial charge in [0.15, 0.2) is 11.5 Å². The van der Waals surface area contributed by atoms with E-state index in [1.165, 1.54) is 5.56 Å². The first-order valence-corrected chi connectivity index (χ1v) is 9.48. The molecule has 0 atom stereocenters. The summed E-state index contributed by atoms with van der Waals surface area (Å²) in [6.07, 6.45) is 4.31. The number of rotatable bonds is 6. The van der Waals surface area contributed by atoms with Crippen molar-refractivity contribution in [1.82, 2.24) is 5.16 Å². The van der Waals surface area contributed by atoms with Gasteiger partial charge >= 0.3 is 0 Å². The monoisotopic (exact) mass is 376 g/mol. The largest absolute Gasteiger partial charge is 0.486 e. The highest BCUT2D eigenvalue weighted by Gasteiger charge is 2.17. The molecule has 28 heavy (non-hydrogen) atoms. The first kappa shape index (κ1) is 18.2. The molecule has 0 saturated carbocycles. The summed E-state index contributed by atoms with van der Waals surface area (Å²) in [6, 6.07) is 16.4. The minimum atomic E-state index is 0.578. The molecule has 2 aromatic carbocycles. The Morgan fingerprint density at radius 2 is 1.79 bits per heavy atom. The van der Waals surface area contributed by atoms with Crippen molar-refractivity contribution in [3.05, 3.63) is 77.2 Å². The van der Waals surface area contributed by atoms with Gasteiger partial charge in [-0.25, -0.2) is 0 Å². The highest BCUT2D eigenvalue weighted by Crippen LogP contribution is 2.34. The molecule has 0 bridgehead atoms. The van der Waals surface area contributed by atoms with Gasteiger partial charge in [-0.05, 0) is 31.5 Å². The van der Waals surface area contributed by atoms with Crippen LogP contribution in [-0.2, 0) is 6.54 Å². The first-order valence-electron chi connectivity index (χ1n) is 9.48. The quantitative estimate of drug-likeness (QED) is 0.619. The molecule has 0 fully saturated rings. The molecule has 144 valence electrons. The van der Waals surface area contributed by atoms with E-state index in [4.69, 9.17) is 14.0 Å². The molecule has 0 unspecified atom stereocenters. The average Bonchev–Trinajstić information content (AvgIpc) is 3.05. The molecule has 1 aliphatic rings. The van der Waals surface area contributed by atoms with E-state index < -0.39 is 0 Å². The van der Waals surface area contributed by atoms with Crippen molar-refractivity contribution in [2.45, 2.75) is 20.4 Å². The van der Waals surface area contributed by atoms with Crippen molar-refractivity contribution < 1.29 is 14.0 Å². The molecule has 0 amide bonds. The zero-order valence-electron chi connectivity index (χ0n) is 16.2. The number of aryl methyl sites for hydroxylation is 2. The molecular weight excluding hydrogens is 352 g/mol. The summed E-state index contributed by atoms with van der Waals surface area (Å²) >= 11 is 0. The summed E-state index contributed by atoms with van der Waals surface area (Å²) in [7, 11) is 0. The lowest BCUT2D eigenvalue weighted by Gasteiger charge is -2.26. The Hall–Kier alpha value is -3.21. The minimum Gasteiger partial charge on any atom is -0.486 e. The number of nitrogens with zero attached hydrogens (tertiary/aromatic N) is 2. The van der Waals surface area contributed by atoms with Gasteiger partial charge in [0, 0.05) is 30.4 Å². The molecule has 2 heterocycles. The lowest BCUT2D eigenvalue weighted by atomic mass is 10.1. The topological polar surface area (TPSA) is 47.7 Å². The maximum atomic E-state index is 5.77. The molecule has 0 radical (unpaired) electrons. The Bertz CT molecular complexity index is 944. The Morgan fingerprint density at radius 1 is 1.00 bits per heavy atom. The second-order valence-electron chi connectivity index (χ2n) is 6.82. The molecule has 0 saturated heterocycles. The zero-order valence-corrected chi connectivity index (χ0v) is 16.2. The fourth-order valence-electron chi connectivity index (χ4n) is 3.29. The predicted octanol–water partition coefficient (Wildman–Crippen LogP) is 4.78. The van der Waals surface area contributed by atoms with Gasteiger partial charge in [-0.15, -0.1) is 0 Å². The smallest absolute Gasteiger partial charge is 0.163 e. The molecule has 0 aliphatic carbocycles. The minimum absolute atomic E-state index is 0.578. The van der Waals surface area contributed by atoms with E-state index in [1.54, 1.807) is 0 Å². The Balaban J connectivity index is 1.60. The maximum absolute atomic E-state index is 5.77. The highest BCUT2D eigenvalue weighted by atomic mass is 16.6. The van der Waals surface area contributed by atoms with Crippen LogP contribution in [0, 0.1) is 13.8 Å². The third kappa shape index (κ3) is 4.03. The molecule has 0 N–H and O–H groups in total. The number of hydrogen-bond donors (Lipinski definition) is 0. The van der Waals surface area contributed by atoms with Crippen LogP contribution in [0.4, 0.5) is 5.69 Å². The summed E-state index contributed by atoms with van der Waals surface area (Å²) < 4.78 is 16.8. The fraction of sp³-hybridized carbons (Fsp3) is 0.261. The molecule has 4 rings (SSSR count). The molecular formula is C23H24N2O3. The molecule has 1 aliphatic heterocycles. The lowest BCUT2D eigenvalue weighted by molar-refractivity contribution is 0.171. The van der Waals surface area contributed by atoms with Gasteiger partial charge in [0.25, 0.3) is 0 Å². The van der Waals surface area contributed by atoms with Gasteiger partial charge in [0.1, 0.15) is 19.0 Å². The van der Waals surface area contributed by atoms with Crippen molar-refractivity contribution >= 4 is 11.8 Å². The Morgan fingerprint density at radius 3 is 2.54 bits per heavy atom. The second-order valence-corrected chi connectivity index (χ2v) is 6.82. The normalized spacial score (nSPS) is 13.1.